The molecule has 1 amide bonds. The van der Waals surface area contributed by atoms with Crippen molar-refractivity contribution in [3.8, 4) is 0 Å². The molecule has 1 N–H and O–H groups in total. The highest BCUT2D eigenvalue weighted by Crippen LogP contribution is 2.23. The van der Waals surface area contributed by atoms with E-state index in [1.807, 2.05) is 31.2 Å². The van der Waals surface area contributed by atoms with Gasteiger partial charge in [0.2, 0.25) is 5.91 Å². The first kappa shape index (κ1) is 16.2. The summed E-state index contributed by atoms with van der Waals surface area (Å²) < 4.78 is 0. The Hall–Kier alpha value is -2.14. The molecule has 4 nitrogen and oxygen atoms in total. The highest BCUT2D eigenvalue weighted by Gasteiger charge is 2.06. The Morgan fingerprint density at radius 3 is 2.73 bits per heavy atom. The van der Waals surface area contributed by atoms with Crippen LogP contribution in [0.1, 0.15) is 16.1 Å². The third kappa shape index (κ3) is 4.70. The summed E-state index contributed by atoms with van der Waals surface area (Å²) in [6, 6.07) is 10.4. The van der Waals surface area contributed by atoms with Crippen molar-refractivity contribution in [2.24, 2.45) is 0 Å². The zero-order valence-electron chi connectivity index (χ0n) is 13.2. The number of aromatic nitrogens is 1. The normalized spacial score (nSPS) is 10.9. The van der Waals surface area contributed by atoms with Crippen LogP contribution in [-0.2, 0) is 11.2 Å². The van der Waals surface area contributed by atoms with Gasteiger partial charge in [0.05, 0.1) is 10.6 Å². The lowest BCUT2D eigenvalue weighted by Gasteiger charge is -2.04. The van der Waals surface area contributed by atoms with Gasteiger partial charge in [-0.15, -0.1) is 0 Å². The van der Waals surface area contributed by atoms with Gasteiger partial charge in [-0.05, 0) is 25.0 Å². The molecule has 0 fully saturated rings. The fourth-order valence-corrected chi connectivity index (χ4v) is 2.79. The molecule has 2 rings (SSSR count). The number of nitrogens with zero attached hydrogens (tertiary/aromatic N) is 2. The standard InChI is InChI=1S/C17H21N3OS/c1-13-15(9-10-16(21)20(2)3)22-17(19-13)18-12-11-14-7-5-4-6-8-14/h4-10H,11-12H2,1-3H3,(H,18,19). The third-order valence-corrected chi connectivity index (χ3v) is 4.26. The lowest BCUT2D eigenvalue weighted by atomic mass is 10.2. The van der Waals surface area contributed by atoms with Crippen molar-refractivity contribution in [3.05, 3.63) is 52.5 Å². The quantitative estimate of drug-likeness (QED) is 0.833. The van der Waals surface area contributed by atoms with Crippen LogP contribution in [0.3, 0.4) is 0 Å². The summed E-state index contributed by atoms with van der Waals surface area (Å²) in [6.07, 6.45) is 4.37. The van der Waals surface area contributed by atoms with Crippen molar-refractivity contribution >= 4 is 28.5 Å². The van der Waals surface area contributed by atoms with Crippen molar-refractivity contribution in [1.29, 1.82) is 0 Å². The Labute approximate surface area is 135 Å². The van der Waals surface area contributed by atoms with Crippen LogP contribution in [0.25, 0.3) is 6.08 Å². The van der Waals surface area contributed by atoms with E-state index in [1.165, 1.54) is 5.56 Å². The first-order valence-electron chi connectivity index (χ1n) is 7.21. The number of rotatable bonds is 6. The summed E-state index contributed by atoms with van der Waals surface area (Å²) in [7, 11) is 3.48. The second-order valence-electron chi connectivity index (χ2n) is 5.20. The van der Waals surface area contributed by atoms with Crippen LogP contribution < -0.4 is 5.32 Å². The maximum atomic E-state index is 11.6. The lowest BCUT2D eigenvalue weighted by Crippen LogP contribution is -2.18. The molecule has 2 aromatic rings. The summed E-state index contributed by atoms with van der Waals surface area (Å²) in [5.74, 6) is -0.0219. The summed E-state index contributed by atoms with van der Waals surface area (Å²) in [4.78, 5) is 18.6. The number of likely N-dealkylation sites (N-methyl/N-ethyl adjacent to an activating group) is 1. The molecule has 0 unspecified atom stereocenters. The average molecular weight is 315 g/mol. The molecule has 0 saturated heterocycles. The van der Waals surface area contributed by atoms with Gasteiger partial charge in [0, 0.05) is 26.7 Å². The average Bonchev–Trinajstić information content (AvgIpc) is 2.86. The number of amides is 1. The number of benzene rings is 1. The minimum Gasteiger partial charge on any atom is -0.361 e. The molecule has 116 valence electrons. The van der Waals surface area contributed by atoms with Crippen molar-refractivity contribution < 1.29 is 4.79 Å². The van der Waals surface area contributed by atoms with Gasteiger partial charge in [-0.25, -0.2) is 4.98 Å². The lowest BCUT2D eigenvalue weighted by molar-refractivity contribution is -0.123. The van der Waals surface area contributed by atoms with E-state index in [-0.39, 0.29) is 5.91 Å². The van der Waals surface area contributed by atoms with Crippen LogP contribution in [0.4, 0.5) is 5.13 Å². The molecule has 0 aliphatic heterocycles. The molecule has 0 saturated carbocycles. The van der Waals surface area contributed by atoms with Crippen molar-refractivity contribution in [2.75, 3.05) is 26.0 Å². The van der Waals surface area contributed by atoms with E-state index in [2.05, 4.69) is 22.4 Å². The first-order valence-corrected chi connectivity index (χ1v) is 8.02. The van der Waals surface area contributed by atoms with Crippen LogP contribution in [0.2, 0.25) is 0 Å². The van der Waals surface area contributed by atoms with Gasteiger partial charge >= 0.3 is 0 Å². The minimum atomic E-state index is -0.0219. The van der Waals surface area contributed by atoms with E-state index in [1.54, 1.807) is 36.4 Å². The molecule has 1 heterocycles. The number of carbonyl (C=O) groups excluding carboxylic acids is 1. The highest BCUT2D eigenvalue weighted by molar-refractivity contribution is 7.16. The second kappa shape index (κ2) is 7.75. The molecule has 0 bridgehead atoms. The zero-order chi connectivity index (χ0) is 15.9. The first-order chi connectivity index (χ1) is 10.6. The second-order valence-corrected chi connectivity index (χ2v) is 6.23. The molecule has 0 atom stereocenters. The Morgan fingerprint density at radius 2 is 2.05 bits per heavy atom. The summed E-state index contributed by atoms with van der Waals surface area (Å²) in [5, 5.41) is 4.24. The fraction of sp³-hybridized carbons (Fsp3) is 0.294. The molecule has 0 aliphatic rings. The fourth-order valence-electron chi connectivity index (χ4n) is 1.89. The Morgan fingerprint density at radius 1 is 1.32 bits per heavy atom. The van der Waals surface area contributed by atoms with Crippen LogP contribution >= 0.6 is 11.3 Å². The monoisotopic (exact) mass is 315 g/mol. The molecule has 0 spiro atoms. The number of anilines is 1. The zero-order valence-corrected chi connectivity index (χ0v) is 14.0. The molecular weight excluding hydrogens is 294 g/mol. The Balaban J connectivity index is 1.91. The number of thiazole rings is 1. The van der Waals surface area contributed by atoms with E-state index in [0.29, 0.717) is 0 Å². The van der Waals surface area contributed by atoms with E-state index < -0.39 is 0 Å². The number of aryl methyl sites for hydroxylation is 1. The van der Waals surface area contributed by atoms with Gasteiger partial charge in [0.1, 0.15) is 0 Å². The Bertz CT molecular complexity index is 647. The van der Waals surface area contributed by atoms with Gasteiger partial charge < -0.3 is 10.2 Å². The van der Waals surface area contributed by atoms with Gasteiger partial charge in [0.25, 0.3) is 0 Å². The van der Waals surface area contributed by atoms with Crippen LogP contribution in [0.15, 0.2) is 36.4 Å². The predicted molar refractivity (Wildman–Crippen MR) is 93.2 cm³/mol. The summed E-state index contributed by atoms with van der Waals surface area (Å²) in [5.41, 5.74) is 2.25. The summed E-state index contributed by atoms with van der Waals surface area (Å²) >= 11 is 1.57. The SMILES string of the molecule is Cc1nc(NCCc2ccccc2)sc1C=CC(=O)N(C)C. The number of nitrogens with one attached hydrogen (secondary N) is 1. The minimum absolute atomic E-state index is 0.0219. The predicted octanol–water partition coefficient (Wildman–Crippen LogP) is 3.21. The molecule has 0 radical (unpaired) electrons. The van der Waals surface area contributed by atoms with Gasteiger partial charge in [-0.1, -0.05) is 41.7 Å². The molecular formula is C17H21N3OS. The van der Waals surface area contributed by atoms with Gasteiger partial charge in [-0.3, -0.25) is 4.79 Å². The van der Waals surface area contributed by atoms with E-state index >= 15 is 0 Å². The van der Waals surface area contributed by atoms with Gasteiger partial charge in [0.15, 0.2) is 5.13 Å². The molecule has 1 aromatic heterocycles. The molecule has 5 heteroatoms. The molecule has 1 aromatic carbocycles. The van der Waals surface area contributed by atoms with Crippen LogP contribution in [0, 0.1) is 6.92 Å². The summed E-state index contributed by atoms with van der Waals surface area (Å²) in [6.45, 7) is 2.80. The van der Waals surface area contributed by atoms with Crippen molar-refractivity contribution in [1.82, 2.24) is 9.88 Å². The topological polar surface area (TPSA) is 45.2 Å². The highest BCUT2D eigenvalue weighted by atomic mass is 32.1. The third-order valence-electron chi connectivity index (χ3n) is 3.18. The van der Waals surface area contributed by atoms with Crippen molar-refractivity contribution in [3.63, 3.8) is 0 Å². The van der Waals surface area contributed by atoms with E-state index in [4.69, 9.17) is 0 Å². The van der Waals surface area contributed by atoms with E-state index in [9.17, 15) is 4.79 Å². The number of hydrogen-bond acceptors (Lipinski definition) is 4. The van der Waals surface area contributed by atoms with E-state index in [0.717, 1.165) is 28.7 Å². The van der Waals surface area contributed by atoms with Gasteiger partial charge in [-0.2, -0.15) is 0 Å². The maximum absolute atomic E-state index is 11.6. The van der Waals surface area contributed by atoms with Crippen LogP contribution in [-0.4, -0.2) is 36.4 Å². The van der Waals surface area contributed by atoms with Crippen LogP contribution in [0.5, 0.6) is 0 Å². The molecule has 22 heavy (non-hydrogen) atoms. The number of carbonyl (C=O) groups is 1. The number of hydrogen-bond donors (Lipinski definition) is 1. The van der Waals surface area contributed by atoms with Crippen molar-refractivity contribution in [2.45, 2.75) is 13.3 Å². The Kier molecular flexibility index (Phi) is 5.72. The molecule has 0 aliphatic carbocycles. The largest absolute Gasteiger partial charge is 0.361 e. The smallest absolute Gasteiger partial charge is 0.246 e. The maximum Gasteiger partial charge on any atom is 0.246 e.